The molecule has 2 unspecified atom stereocenters. The Labute approximate surface area is 74.4 Å². The Morgan fingerprint density at radius 3 is 2.69 bits per heavy atom. The van der Waals surface area contributed by atoms with Gasteiger partial charge >= 0.3 is 0 Å². The van der Waals surface area contributed by atoms with E-state index in [2.05, 4.69) is 5.32 Å². The number of nitrogens with one attached hydrogen (secondary N) is 1. The van der Waals surface area contributed by atoms with Gasteiger partial charge in [0.15, 0.2) is 12.6 Å². The Bertz CT molecular complexity index is 233. The summed E-state index contributed by atoms with van der Waals surface area (Å²) >= 11 is 0. The van der Waals surface area contributed by atoms with Crippen molar-refractivity contribution in [1.82, 2.24) is 5.32 Å². The third-order valence-corrected chi connectivity index (χ3v) is 2.14. The van der Waals surface area contributed by atoms with E-state index in [1.54, 1.807) is 0 Å². The molecule has 2 saturated heterocycles. The van der Waals surface area contributed by atoms with Gasteiger partial charge in [0.1, 0.15) is 18.2 Å². The van der Waals surface area contributed by atoms with Gasteiger partial charge in [-0.3, -0.25) is 4.79 Å². The van der Waals surface area contributed by atoms with E-state index in [-0.39, 0.29) is 5.91 Å². The summed E-state index contributed by atoms with van der Waals surface area (Å²) in [6, 6.07) is -0.804. The van der Waals surface area contributed by atoms with Gasteiger partial charge in [-0.15, -0.1) is 0 Å². The Morgan fingerprint density at radius 2 is 2.08 bits per heavy atom. The van der Waals surface area contributed by atoms with Crippen molar-refractivity contribution in [2.45, 2.75) is 37.8 Å². The van der Waals surface area contributed by atoms with Crippen LogP contribution in [0.15, 0.2) is 0 Å². The Kier molecular flexibility index (Phi) is 1.99. The zero-order chi connectivity index (χ0) is 9.59. The first-order chi connectivity index (χ1) is 6.09. The van der Waals surface area contributed by atoms with E-state index < -0.39 is 30.8 Å². The van der Waals surface area contributed by atoms with Crippen molar-refractivity contribution in [3.8, 4) is 0 Å². The lowest BCUT2D eigenvalue weighted by atomic mass is 10.1. The topological polar surface area (TPSA) is 91.3 Å². The van der Waals surface area contributed by atoms with Gasteiger partial charge in [0.25, 0.3) is 0 Å². The fourth-order valence-electron chi connectivity index (χ4n) is 1.45. The summed E-state index contributed by atoms with van der Waals surface area (Å²) in [5.74, 6) is -0.328. The number of hydrogen-bond donors (Lipinski definition) is 3. The number of epoxide rings is 1. The van der Waals surface area contributed by atoms with Crippen LogP contribution >= 0.6 is 0 Å². The molecule has 0 saturated carbocycles. The number of amides is 1. The van der Waals surface area contributed by atoms with Crippen LogP contribution in [0, 0.1) is 0 Å². The minimum Gasteiger partial charge on any atom is -0.388 e. The van der Waals surface area contributed by atoms with E-state index in [1.807, 2.05) is 0 Å². The highest BCUT2D eigenvalue weighted by atomic mass is 16.8. The number of ether oxygens (including phenoxy) is 2. The molecule has 0 aliphatic carbocycles. The molecule has 2 aliphatic heterocycles. The van der Waals surface area contributed by atoms with Crippen LogP contribution < -0.4 is 5.32 Å². The van der Waals surface area contributed by atoms with Crippen molar-refractivity contribution in [1.29, 1.82) is 0 Å². The second-order valence-electron chi connectivity index (χ2n) is 3.21. The maximum atomic E-state index is 10.7. The number of hydrogen-bond acceptors (Lipinski definition) is 5. The van der Waals surface area contributed by atoms with Gasteiger partial charge in [0.05, 0.1) is 0 Å². The standard InChI is InChI=1S/C7H11NO5/c1-2(9)8-3-4(10)5-7(12-5)13-6(3)11/h3-7,10-11H,1H3,(H,8,9)/t3-,4?,5+,6+,7?/m0/s1. The highest BCUT2D eigenvalue weighted by Crippen LogP contribution is 2.34. The van der Waals surface area contributed by atoms with Crippen LogP contribution in [0.25, 0.3) is 0 Å². The molecule has 6 heteroatoms. The lowest BCUT2D eigenvalue weighted by Crippen LogP contribution is -2.56. The van der Waals surface area contributed by atoms with Gasteiger partial charge in [-0.05, 0) is 0 Å². The molecular weight excluding hydrogens is 178 g/mol. The highest BCUT2D eigenvalue weighted by Gasteiger charge is 2.56. The minimum absolute atomic E-state index is 0.328. The van der Waals surface area contributed by atoms with Gasteiger partial charge < -0.3 is 25.0 Å². The van der Waals surface area contributed by atoms with Gasteiger partial charge in [-0.25, -0.2) is 0 Å². The van der Waals surface area contributed by atoms with Crippen molar-refractivity contribution in [3.63, 3.8) is 0 Å². The van der Waals surface area contributed by atoms with Crippen LogP contribution in [-0.2, 0) is 14.3 Å². The Balaban J connectivity index is 2.02. The maximum absolute atomic E-state index is 10.7. The van der Waals surface area contributed by atoms with Gasteiger partial charge in [0.2, 0.25) is 5.91 Å². The molecule has 6 nitrogen and oxygen atoms in total. The first-order valence-electron chi connectivity index (χ1n) is 4.04. The Morgan fingerprint density at radius 1 is 1.38 bits per heavy atom. The van der Waals surface area contributed by atoms with Crippen molar-refractivity contribution in [2.24, 2.45) is 0 Å². The average Bonchev–Trinajstić information content (AvgIpc) is 2.76. The molecule has 3 N–H and O–H groups in total. The fourth-order valence-corrected chi connectivity index (χ4v) is 1.45. The predicted molar refractivity (Wildman–Crippen MR) is 39.4 cm³/mol. The van der Waals surface area contributed by atoms with Crippen molar-refractivity contribution in [3.05, 3.63) is 0 Å². The predicted octanol–water partition coefficient (Wildman–Crippen LogP) is -2.07. The summed E-state index contributed by atoms with van der Waals surface area (Å²) in [6.45, 7) is 1.30. The lowest BCUT2D eigenvalue weighted by molar-refractivity contribution is -0.179. The summed E-state index contributed by atoms with van der Waals surface area (Å²) in [4.78, 5) is 10.7. The largest absolute Gasteiger partial charge is 0.388 e. The van der Waals surface area contributed by atoms with E-state index in [4.69, 9.17) is 9.47 Å². The van der Waals surface area contributed by atoms with Crippen LogP contribution in [0.4, 0.5) is 0 Å². The molecule has 0 aromatic rings. The second kappa shape index (κ2) is 2.91. The van der Waals surface area contributed by atoms with Crippen LogP contribution in [0.5, 0.6) is 0 Å². The van der Waals surface area contributed by atoms with Crippen LogP contribution in [0.1, 0.15) is 6.92 Å². The molecule has 0 spiro atoms. The zero-order valence-corrected chi connectivity index (χ0v) is 7.01. The number of aliphatic hydroxyl groups excluding tert-OH is 2. The number of aliphatic hydroxyl groups is 2. The molecule has 74 valence electrons. The summed E-state index contributed by atoms with van der Waals surface area (Å²) in [5, 5.41) is 21.2. The molecule has 0 aromatic heterocycles. The number of fused-ring (bicyclic) bond motifs is 1. The SMILES string of the molecule is CC(=O)N[C@H]1C(O)[C@H]2OC2O[C@H]1O. The molecule has 0 radical (unpaired) electrons. The van der Waals surface area contributed by atoms with E-state index in [9.17, 15) is 15.0 Å². The van der Waals surface area contributed by atoms with Gasteiger partial charge in [-0.1, -0.05) is 0 Å². The smallest absolute Gasteiger partial charge is 0.217 e. The first kappa shape index (κ1) is 8.89. The molecular formula is C7H11NO5. The molecule has 2 rings (SSSR count). The Hall–Kier alpha value is -0.690. The van der Waals surface area contributed by atoms with Gasteiger partial charge in [0, 0.05) is 6.92 Å². The lowest BCUT2D eigenvalue weighted by Gasteiger charge is -2.29. The van der Waals surface area contributed by atoms with Crippen LogP contribution in [0.2, 0.25) is 0 Å². The van der Waals surface area contributed by atoms with Gasteiger partial charge in [-0.2, -0.15) is 0 Å². The molecule has 2 fully saturated rings. The molecule has 0 aromatic carbocycles. The molecule has 2 heterocycles. The summed E-state index contributed by atoms with van der Waals surface area (Å²) in [5.41, 5.74) is 0. The summed E-state index contributed by atoms with van der Waals surface area (Å²) < 4.78 is 9.79. The second-order valence-corrected chi connectivity index (χ2v) is 3.21. The maximum Gasteiger partial charge on any atom is 0.217 e. The third-order valence-electron chi connectivity index (χ3n) is 2.14. The van der Waals surface area contributed by atoms with E-state index >= 15 is 0 Å². The molecule has 2 aliphatic rings. The van der Waals surface area contributed by atoms with Crippen molar-refractivity contribution < 1.29 is 24.5 Å². The number of carbonyl (C=O) groups is 1. The van der Waals surface area contributed by atoms with E-state index in [0.717, 1.165) is 0 Å². The van der Waals surface area contributed by atoms with Crippen LogP contribution in [-0.4, -0.2) is 47.0 Å². The van der Waals surface area contributed by atoms with Crippen molar-refractivity contribution in [2.75, 3.05) is 0 Å². The number of carbonyl (C=O) groups excluding carboxylic acids is 1. The van der Waals surface area contributed by atoms with Crippen LogP contribution in [0.3, 0.4) is 0 Å². The quantitative estimate of drug-likeness (QED) is 0.412. The zero-order valence-electron chi connectivity index (χ0n) is 7.01. The normalized spacial score (nSPS) is 48.1. The minimum atomic E-state index is -1.21. The molecule has 13 heavy (non-hydrogen) atoms. The van der Waals surface area contributed by atoms with E-state index in [0.29, 0.717) is 0 Å². The monoisotopic (exact) mass is 189 g/mol. The average molecular weight is 189 g/mol. The molecule has 5 atom stereocenters. The highest BCUT2D eigenvalue weighted by molar-refractivity contribution is 5.73. The third kappa shape index (κ3) is 1.53. The fraction of sp³-hybridized carbons (Fsp3) is 0.857. The van der Waals surface area contributed by atoms with Crippen molar-refractivity contribution >= 4 is 5.91 Å². The summed E-state index contributed by atoms with van der Waals surface area (Å²) in [6.07, 6.45) is -3.05. The summed E-state index contributed by atoms with van der Waals surface area (Å²) in [7, 11) is 0. The molecule has 0 bridgehead atoms. The number of rotatable bonds is 1. The molecule has 1 amide bonds. The first-order valence-corrected chi connectivity index (χ1v) is 4.04. The van der Waals surface area contributed by atoms with E-state index in [1.165, 1.54) is 6.92 Å².